The first-order chi connectivity index (χ1) is 14.0. The van der Waals surface area contributed by atoms with Gasteiger partial charge in [0.25, 0.3) is 0 Å². The maximum atomic E-state index is 12.2. The minimum atomic E-state index is -0.645. The molecule has 2 aromatic heterocycles. The summed E-state index contributed by atoms with van der Waals surface area (Å²) in [6.07, 6.45) is 3.07. The molecule has 0 aliphatic rings. The average molecular weight is 388 g/mol. The molecule has 0 saturated carbocycles. The largest absolute Gasteiger partial charge is 0.503 e. The fourth-order valence-corrected chi connectivity index (χ4v) is 3.37. The molecular formula is C22H20N4O3. The Balaban J connectivity index is 1.86. The van der Waals surface area contributed by atoms with Crippen molar-refractivity contribution in [1.82, 2.24) is 19.7 Å². The fourth-order valence-electron chi connectivity index (χ4n) is 3.37. The number of amides is 1. The highest BCUT2D eigenvalue weighted by molar-refractivity contribution is 5.87. The van der Waals surface area contributed by atoms with E-state index in [1.54, 1.807) is 0 Å². The van der Waals surface area contributed by atoms with Gasteiger partial charge in [0, 0.05) is 36.8 Å². The number of hydrogen-bond donors (Lipinski definition) is 2. The van der Waals surface area contributed by atoms with Crippen LogP contribution in [0.1, 0.15) is 5.69 Å². The first kappa shape index (κ1) is 18.5. The van der Waals surface area contributed by atoms with Gasteiger partial charge in [-0.25, -0.2) is 4.68 Å². The molecule has 1 amide bonds. The molecular weight excluding hydrogens is 368 g/mol. The highest BCUT2D eigenvalue weighted by Crippen LogP contribution is 2.29. The number of nitrogens with zero attached hydrogens (tertiary/aromatic N) is 3. The zero-order chi connectivity index (χ0) is 20.5. The summed E-state index contributed by atoms with van der Waals surface area (Å²) in [7, 11) is 3.48. The van der Waals surface area contributed by atoms with Crippen molar-refractivity contribution in [2.24, 2.45) is 7.05 Å². The van der Waals surface area contributed by atoms with Gasteiger partial charge < -0.3 is 15.0 Å². The van der Waals surface area contributed by atoms with Crippen molar-refractivity contribution in [3.63, 3.8) is 0 Å². The summed E-state index contributed by atoms with van der Waals surface area (Å²) >= 11 is 0. The number of likely N-dealkylation sites (N-methyl/N-ethyl adjacent to an activating group) is 1. The molecule has 0 radical (unpaired) electrons. The van der Waals surface area contributed by atoms with Gasteiger partial charge in [-0.1, -0.05) is 24.3 Å². The van der Waals surface area contributed by atoms with Crippen molar-refractivity contribution in [2.45, 2.75) is 6.42 Å². The molecule has 146 valence electrons. The number of nitrogens with one attached hydrogen (secondary N) is 1. The molecule has 2 heterocycles. The molecule has 0 aliphatic carbocycles. The van der Waals surface area contributed by atoms with Gasteiger partial charge in [-0.05, 0) is 29.8 Å². The average Bonchev–Trinajstić information content (AvgIpc) is 3.11. The van der Waals surface area contributed by atoms with E-state index in [9.17, 15) is 14.7 Å². The van der Waals surface area contributed by atoms with Crippen molar-refractivity contribution in [3.05, 3.63) is 76.8 Å². The predicted octanol–water partition coefficient (Wildman–Crippen LogP) is 2.39. The van der Waals surface area contributed by atoms with Crippen LogP contribution in [0.15, 0.2) is 65.7 Å². The van der Waals surface area contributed by atoms with E-state index in [-0.39, 0.29) is 18.0 Å². The monoisotopic (exact) mass is 388 g/mol. The van der Waals surface area contributed by atoms with Crippen LogP contribution in [-0.2, 0) is 18.3 Å². The number of hydrogen-bond acceptors (Lipinski definition) is 4. The summed E-state index contributed by atoms with van der Waals surface area (Å²) in [6, 6.07) is 15.8. The van der Waals surface area contributed by atoms with E-state index in [2.05, 4.69) is 27.1 Å². The number of carbonyl (C=O) groups is 1. The van der Waals surface area contributed by atoms with Crippen LogP contribution in [0.5, 0.6) is 5.75 Å². The van der Waals surface area contributed by atoms with Crippen LogP contribution in [0.2, 0.25) is 0 Å². The van der Waals surface area contributed by atoms with Gasteiger partial charge in [-0.15, -0.1) is 0 Å². The molecule has 29 heavy (non-hydrogen) atoms. The minimum Gasteiger partial charge on any atom is -0.503 e. The van der Waals surface area contributed by atoms with Gasteiger partial charge in [0.05, 0.1) is 18.3 Å². The van der Waals surface area contributed by atoms with Crippen LogP contribution < -0.4 is 10.7 Å². The zero-order valence-electron chi connectivity index (χ0n) is 16.1. The Hall–Kier alpha value is -3.87. The first-order valence-electron chi connectivity index (χ1n) is 9.15. The molecule has 0 saturated heterocycles. The summed E-state index contributed by atoms with van der Waals surface area (Å²) < 4.78 is 3.50. The predicted molar refractivity (Wildman–Crippen MR) is 111 cm³/mol. The number of carbonyl (C=O) groups excluding carboxylic acids is 1. The molecule has 0 atom stereocenters. The molecule has 7 nitrogen and oxygen atoms in total. The van der Waals surface area contributed by atoms with E-state index >= 15 is 0 Å². The summed E-state index contributed by atoms with van der Waals surface area (Å²) in [6.45, 7) is 0. The number of rotatable bonds is 4. The minimum absolute atomic E-state index is 0.0161. The van der Waals surface area contributed by atoms with E-state index in [1.807, 2.05) is 49.6 Å². The smallest absolute Gasteiger partial charge is 0.245 e. The Morgan fingerprint density at radius 3 is 2.76 bits per heavy atom. The highest BCUT2D eigenvalue weighted by Gasteiger charge is 2.15. The lowest BCUT2D eigenvalue weighted by Gasteiger charge is -2.13. The molecule has 2 aromatic carbocycles. The lowest BCUT2D eigenvalue weighted by molar-refractivity contribution is -0.120. The Morgan fingerprint density at radius 1 is 1.17 bits per heavy atom. The normalized spacial score (nSPS) is 11.0. The number of aromatic hydroxyl groups is 1. The second-order valence-electron chi connectivity index (χ2n) is 6.80. The van der Waals surface area contributed by atoms with Gasteiger partial charge in [0.2, 0.25) is 11.3 Å². The molecule has 0 unspecified atom stereocenters. The zero-order valence-corrected chi connectivity index (χ0v) is 16.1. The molecule has 0 spiro atoms. The fraction of sp³-hybridized carbons (Fsp3) is 0.136. The number of aryl methyl sites for hydroxylation is 1. The standard InChI is InChI=1S/C22H20N4O3/c1-23-21(28)12-17-22(29)20(27)13-26(24-17)19-6-4-3-5-16(19)14-7-8-18-15(11-14)9-10-25(18)2/h3-11,13,27H,12H2,1-2H3,(H,23,28). The van der Waals surface area contributed by atoms with Gasteiger partial charge in [-0.3, -0.25) is 9.59 Å². The van der Waals surface area contributed by atoms with Crippen LogP contribution in [-0.4, -0.2) is 32.4 Å². The van der Waals surface area contributed by atoms with Gasteiger partial charge in [-0.2, -0.15) is 5.10 Å². The van der Waals surface area contributed by atoms with E-state index in [0.29, 0.717) is 5.69 Å². The Labute approximate surface area is 166 Å². The van der Waals surface area contributed by atoms with Crippen molar-refractivity contribution in [2.75, 3.05) is 7.05 Å². The number of aromatic nitrogens is 3. The van der Waals surface area contributed by atoms with E-state index in [0.717, 1.165) is 22.0 Å². The van der Waals surface area contributed by atoms with Gasteiger partial charge >= 0.3 is 0 Å². The van der Waals surface area contributed by atoms with E-state index in [4.69, 9.17) is 0 Å². The van der Waals surface area contributed by atoms with Crippen molar-refractivity contribution >= 4 is 16.8 Å². The van der Waals surface area contributed by atoms with Crippen LogP contribution in [0, 0.1) is 0 Å². The third-order valence-corrected chi connectivity index (χ3v) is 4.92. The Morgan fingerprint density at radius 2 is 1.97 bits per heavy atom. The van der Waals surface area contributed by atoms with Gasteiger partial charge in [0.1, 0.15) is 5.69 Å². The highest BCUT2D eigenvalue weighted by atomic mass is 16.3. The quantitative estimate of drug-likeness (QED) is 0.562. The summed E-state index contributed by atoms with van der Waals surface area (Å²) in [5.41, 5.74) is 3.02. The van der Waals surface area contributed by atoms with Crippen LogP contribution in [0.3, 0.4) is 0 Å². The maximum Gasteiger partial charge on any atom is 0.245 e. The van der Waals surface area contributed by atoms with Crippen molar-refractivity contribution in [3.8, 4) is 22.6 Å². The summed E-state index contributed by atoms with van der Waals surface area (Å²) in [4.78, 5) is 23.9. The summed E-state index contributed by atoms with van der Waals surface area (Å²) in [5.74, 6) is -0.804. The second kappa shape index (κ2) is 7.27. The number of para-hydroxylation sites is 1. The summed E-state index contributed by atoms with van der Waals surface area (Å²) in [5, 5.41) is 18.0. The SMILES string of the molecule is CNC(=O)Cc1nn(-c2ccccc2-c2ccc3c(ccn3C)c2)cc(O)c1=O. The Kier molecular flexibility index (Phi) is 4.64. The van der Waals surface area contributed by atoms with Crippen LogP contribution in [0.4, 0.5) is 0 Å². The molecule has 7 heteroatoms. The molecule has 4 aromatic rings. The van der Waals surface area contributed by atoms with Crippen LogP contribution in [0.25, 0.3) is 27.7 Å². The third-order valence-electron chi connectivity index (χ3n) is 4.92. The van der Waals surface area contributed by atoms with Crippen molar-refractivity contribution < 1.29 is 9.90 Å². The second-order valence-corrected chi connectivity index (χ2v) is 6.80. The lowest BCUT2D eigenvalue weighted by atomic mass is 10.0. The van der Waals surface area contributed by atoms with Gasteiger partial charge in [0.15, 0.2) is 5.75 Å². The molecule has 0 aliphatic heterocycles. The molecule has 4 rings (SSSR count). The molecule has 2 N–H and O–H groups in total. The van der Waals surface area contributed by atoms with E-state index < -0.39 is 11.2 Å². The third kappa shape index (κ3) is 3.38. The van der Waals surface area contributed by atoms with E-state index in [1.165, 1.54) is 17.9 Å². The first-order valence-corrected chi connectivity index (χ1v) is 9.15. The van der Waals surface area contributed by atoms with Crippen molar-refractivity contribution in [1.29, 1.82) is 0 Å². The Bertz CT molecular complexity index is 1290. The molecule has 0 fully saturated rings. The lowest BCUT2D eigenvalue weighted by Crippen LogP contribution is -2.26. The topological polar surface area (TPSA) is 89.2 Å². The number of benzene rings is 2. The van der Waals surface area contributed by atoms with Crippen LogP contribution >= 0.6 is 0 Å². The molecule has 0 bridgehead atoms. The number of fused-ring (bicyclic) bond motifs is 1. The maximum absolute atomic E-state index is 12.2.